The maximum absolute atomic E-state index is 11.5. The van der Waals surface area contributed by atoms with Gasteiger partial charge >= 0.3 is 0 Å². The lowest BCUT2D eigenvalue weighted by Crippen LogP contribution is -2.30. The molecule has 0 saturated carbocycles. The van der Waals surface area contributed by atoms with Crippen LogP contribution >= 0.6 is 34.8 Å². The standard InChI is InChI=1S/C10H10Cl3N3O2/c11-5-3-6(12)10(7(13)4-5)15-8(17)1-2-9(18)16-14/h3-4H,1-2,14H2,(H,15,17)(H,16,18). The van der Waals surface area contributed by atoms with Gasteiger partial charge in [-0.25, -0.2) is 5.84 Å². The van der Waals surface area contributed by atoms with Crippen LogP contribution in [0.3, 0.4) is 0 Å². The SMILES string of the molecule is NNC(=O)CCC(=O)Nc1c(Cl)cc(Cl)cc1Cl. The van der Waals surface area contributed by atoms with Crippen LogP contribution in [-0.4, -0.2) is 11.8 Å². The van der Waals surface area contributed by atoms with Gasteiger partial charge in [0.05, 0.1) is 15.7 Å². The molecule has 0 aliphatic heterocycles. The van der Waals surface area contributed by atoms with Crippen molar-refractivity contribution >= 4 is 52.3 Å². The minimum atomic E-state index is -0.432. The normalized spacial score (nSPS) is 10.0. The summed E-state index contributed by atoms with van der Waals surface area (Å²) in [5.74, 6) is 4.06. The summed E-state index contributed by atoms with van der Waals surface area (Å²) < 4.78 is 0. The summed E-state index contributed by atoms with van der Waals surface area (Å²) in [5, 5.41) is 3.32. The van der Waals surface area contributed by atoms with E-state index in [2.05, 4.69) is 5.32 Å². The molecule has 98 valence electrons. The Morgan fingerprint density at radius 1 is 1.06 bits per heavy atom. The number of carbonyl (C=O) groups excluding carboxylic acids is 2. The lowest BCUT2D eigenvalue weighted by Gasteiger charge is -2.09. The molecule has 0 atom stereocenters. The molecule has 1 aromatic carbocycles. The molecular formula is C10H10Cl3N3O2. The molecule has 4 N–H and O–H groups in total. The highest BCUT2D eigenvalue weighted by molar-refractivity contribution is 6.42. The Labute approximate surface area is 119 Å². The minimum absolute atomic E-state index is 0.0227. The van der Waals surface area contributed by atoms with E-state index in [9.17, 15) is 9.59 Å². The second-order valence-electron chi connectivity index (χ2n) is 3.36. The highest BCUT2D eigenvalue weighted by Gasteiger charge is 2.12. The average molecular weight is 311 g/mol. The molecule has 0 unspecified atom stereocenters. The fourth-order valence-electron chi connectivity index (χ4n) is 1.16. The van der Waals surface area contributed by atoms with Crippen LogP contribution in [0.15, 0.2) is 12.1 Å². The summed E-state index contributed by atoms with van der Waals surface area (Å²) in [4.78, 5) is 22.4. The number of carbonyl (C=O) groups is 2. The highest BCUT2D eigenvalue weighted by atomic mass is 35.5. The third-order valence-corrected chi connectivity index (χ3v) is 2.83. The Bertz CT molecular complexity index is 456. The number of hydrazine groups is 1. The molecule has 5 nitrogen and oxygen atoms in total. The quantitative estimate of drug-likeness (QED) is 0.453. The van der Waals surface area contributed by atoms with Gasteiger partial charge in [0.2, 0.25) is 11.8 Å². The minimum Gasteiger partial charge on any atom is -0.324 e. The number of hydrogen-bond donors (Lipinski definition) is 3. The third-order valence-electron chi connectivity index (χ3n) is 2.01. The predicted octanol–water partition coefficient (Wildman–Crippen LogP) is 2.36. The molecule has 1 rings (SSSR count). The van der Waals surface area contributed by atoms with Crippen LogP contribution in [-0.2, 0) is 9.59 Å². The van der Waals surface area contributed by atoms with Gasteiger partial charge in [-0.05, 0) is 12.1 Å². The fourth-order valence-corrected chi connectivity index (χ4v) is 2.07. The van der Waals surface area contributed by atoms with Gasteiger partial charge in [0.15, 0.2) is 0 Å². The van der Waals surface area contributed by atoms with Crippen molar-refractivity contribution in [3.63, 3.8) is 0 Å². The van der Waals surface area contributed by atoms with Crippen LogP contribution in [0.5, 0.6) is 0 Å². The summed E-state index contributed by atoms with van der Waals surface area (Å²) in [6.07, 6.45) is -0.0521. The molecule has 0 aliphatic carbocycles. The van der Waals surface area contributed by atoms with E-state index in [0.717, 1.165) is 0 Å². The topological polar surface area (TPSA) is 84.2 Å². The second kappa shape index (κ2) is 6.80. The van der Waals surface area contributed by atoms with Crippen molar-refractivity contribution in [2.75, 3.05) is 5.32 Å². The Hall–Kier alpha value is -1.01. The molecule has 0 bridgehead atoms. The highest BCUT2D eigenvalue weighted by Crippen LogP contribution is 2.33. The molecule has 0 aromatic heterocycles. The molecule has 0 heterocycles. The van der Waals surface area contributed by atoms with Crippen LogP contribution < -0.4 is 16.6 Å². The molecule has 0 saturated heterocycles. The first-order chi connectivity index (χ1) is 8.43. The number of rotatable bonds is 4. The zero-order chi connectivity index (χ0) is 13.7. The van der Waals surface area contributed by atoms with E-state index in [1.807, 2.05) is 5.43 Å². The van der Waals surface area contributed by atoms with Crippen LogP contribution in [0.25, 0.3) is 0 Å². The first kappa shape index (κ1) is 15.0. The zero-order valence-corrected chi connectivity index (χ0v) is 11.4. The third kappa shape index (κ3) is 4.34. The van der Waals surface area contributed by atoms with Gasteiger partial charge < -0.3 is 5.32 Å². The average Bonchev–Trinajstić information content (AvgIpc) is 2.30. The van der Waals surface area contributed by atoms with Gasteiger partial charge in [0.1, 0.15) is 0 Å². The number of nitrogens with two attached hydrogens (primary N) is 1. The van der Waals surface area contributed by atoms with E-state index >= 15 is 0 Å². The van der Waals surface area contributed by atoms with Crippen LogP contribution in [0.2, 0.25) is 15.1 Å². The maximum atomic E-state index is 11.5. The molecule has 8 heteroatoms. The molecule has 2 amide bonds. The summed E-state index contributed by atoms with van der Waals surface area (Å²) in [7, 11) is 0. The first-order valence-electron chi connectivity index (χ1n) is 4.88. The largest absolute Gasteiger partial charge is 0.324 e. The molecule has 0 fully saturated rings. The van der Waals surface area contributed by atoms with Gasteiger partial charge in [-0.3, -0.25) is 15.0 Å². The van der Waals surface area contributed by atoms with E-state index in [4.69, 9.17) is 40.6 Å². The number of halogens is 3. The van der Waals surface area contributed by atoms with E-state index in [1.54, 1.807) is 0 Å². The Balaban J connectivity index is 2.68. The number of benzene rings is 1. The van der Waals surface area contributed by atoms with Crippen molar-refractivity contribution in [1.29, 1.82) is 0 Å². The zero-order valence-electron chi connectivity index (χ0n) is 9.10. The summed E-state index contributed by atoms with van der Waals surface area (Å²) in [5.41, 5.74) is 2.19. The summed E-state index contributed by atoms with van der Waals surface area (Å²) in [6.45, 7) is 0. The number of hydrogen-bond acceptors (Lipinski definition) is 3. The number of anilines is 1. The Morgan fingerprint density at radius 3 is 2.06 bits per heavy atom. The van der Waals surface area contributed by atoms with Crippen LogP contribution in [0.1, 0.15) is 12.8 Å². The number of amides is 2. The van der Waals surface area contributed by atoms with E-state index < -0.39 is 11.8 Å². The van der Waals surface area contributed by atoms with E-state index in [1.165, 1.54) is 12.1 Å². The van der Waals surface area contributed by atoms with E-state index in [0.29, 0.717) is 5.02 Å². The van der Waals surface area contributed by atoms with Crippen molar-refractivity contribution in [1.82, 2.24) is 5.43 Å². The summed E-state index contributed by atoms with van der Waals surface area (Å²) >= 11 is 17.5. The lowest BCUT2D eigenvalue weighted by molar-refractivity contribution is -0.124. The molecule has 1 aromatic rings. The van der Waals surface area contributed by atoms with Crippen LogP contribution in [0, 0.1) is 0 Å². The smallest absolute Gasteiger partial charge is 0.234 e. The van der Waals surface area contributed by atoms with Gasteiger partial charge in [-0.1, -0.05) is 34.8 Å². The van der Waals surface area contributed by atoms with Crippen molar-refractivity contribution in [2.45, 2.75) is 12.8 Å². The summed E-state index contributed by atoms with van der Waals surface area (Å²) in [6, 6.07) is 2.91. The Morgan fingerprint density at radius 2 is 1.56 bits per heavy atom. The van der Waals surface area contributed by atoms with Crippen molar-refractivity contribution in [3.8, 4) is 0 Å². The monoisotopic (exact) mass is 309 g/mol. The van der Waals surface area contributed by atoms with Gasteiger partial charge in [0, 0.05) is 17.9 Å². The van der Waals surface area contributed by atoms with Gasteiger partial charge in [-0.2, -0.15) is 0 Å². The predicted molar refractivity (Wildman–Crippen MR) is 71.7 cm³/mol. The molecule has 18 heavy (non-hydrogen) atoms. The van der Waals surface area contributed by atoms with E-state index in [-0.39, 0.29) is 28.6 Å². The molecule has 0 aliphatic rings. The first-order valence-corrected chi connectivity index (χ1v) is 6.01. The maximum Gasteiger partial charge on any atom is 0.234 e. The molecule has 0 spiro atoms. The van der Waals surface area contributed by atoms with Gasteiger partial charge in [-0.15, -0.1) is 0 Å². The lowest BCUT2D eigenvalue weighted by atomic mass is 10.2. The molecule has 0 radical (unpaired) electrons. The van der Waals surface area contributed by atoms with Crippen LogP contribution in [0.4, 0.5) is 5.69 Å². The molecular weight excluding hydrogens is 300 g/mol. The second-order valence-corrected chi connectivity index (χ2v) is 4.61. The van der Waals surface area contributed by atoms with Crippen molar-refractivity contribution < 1.29 is 9.59 Å². The Kier molecular flexibility index (Phi) is 5.68. The van der Waals surface area contributed by atoms with Crippen molar-refractivity contribution in [3.05, 3.63) is 27.2 Å². The van der Waals surface area contributed by atoms with Gasteiger partial charge in [0.25, 0.3) is 0 Å². The van der Waals surface area contributed by atoms with Crippen molar-refractivity contribution in [2.24, 2.45) is 5.84 Å². The fraction of sp³-hybridized carbons (Fsp3) is 0.200. The number of nitrogens with one attached hydrogen (secondary N) is 2.